The maximum atomic E-state index is 13.4. The van der Waals surface area contributed by atoms with E-state index in [4.69, 9.17) is 15.3 Å². The lowest BCUT2D eigenvalue weighted by molar-refractivity contribution is -0.150. The van der Waals surface area contributed by atoms with Crippen LogP contribution in [0.1, 0.15) is 24.3 Å². The molecule has 0 saturated heterocycles. The predicted octanol–water partition coefficient (Wildman–Crippen LogP) is 4.52. The van der Waals surface area contributed by atoms with E-state index in [1.807, 2.05) is 0 Å². The van der Waals surface area contributed by atoms with Gasteiger partial charge in [0.25, 0.3) is 0 Å². The van der Waals surface area contributed by atoms with Crippen LogP contribution >= 0.6 is 11.8 Å². The molecule has 8 heteroatoms. The van der Waals surface area contributed by atoms with Gasteiger partial charge in [-0.1, -0.05) is 24.3 Å². The molecule has 0 amide bonds. The van der Waals surface area contributed by atoms with Crippen molar-refractivity contribution in [3.05, 3.63) is 48.4 Å². The van der Waals surface area contributed by atoms with Crippen molar-refractivity contribution in [2.45, 2.75) is 31.0 Å². The molecule has 0 saturated carbocycles. The molecule has 0 radical (unpaired) electrons. The van der Waals surface area contributed by atoms with Gasteiger partial charge < -0.3 is 15.3 Å². The first kappa shape index (κ1) is 20.4. The predicted molar refractivity (Wildman–Crippen MR) is 95.1 cm³/mol. The smallest absolute Gasteiger partial charge is 0.395 e. The molecule has 26 heavy (non-hydrogen) atoms. The zero-order chi connectivity index (χ0) is 19.2. The van der Waals surface area contributed by atoms with Crippen LogP contribution in [0.2, 0.25) is 0 Å². The number of carboxylic acid groups (broad SMARTS) is 1. The fourth-order valence-electron chi connectivity index (χ4n) is 2.49. The molecular formula is C18H20F3NO3S. The molecule has 0 bridgehead atoms. The van der Waals surface area contributed by atoms with Gasteiger partial charge in [0.05, 0.1) is 18.4 Å². The summed E-state index contributed by atoms with van der Waals surface area (Å²) in [6, 6.07) is 7.05. The molecule has 2 aromatic rings. The van der Waals surface area contributed by atoms with Crippen molar-refractivity contribution < 1.29 is 27.5 Å². The van der Waals surface area contributed by atoms with Crippen LogP contribution in [0.3, 0.4) is 0 Å². The molecule has 0 spiro atoms. The maximum Gasteiger partial charge on any atom is 0.395 e. The lowest BCUT2D eigenvalue weighted by atomic mass is 9.94. The van der Waals surface area contributed by atoms with E-state index in [1.165, 1.54) is 36.4 Å². The summed E-state index contributed by atoms with van der Waals surface area (Å²) in [7, 11) is 0. The summed E-state index contributed by atoms with van der Waals surface area (Å²) in [4.78, 5) is 10.6. The number of hydrogen-bond donors (Lipinski definition) is 2. The Morgan fingerprint density at radius 2 is 1.77 bits per heavy atom. The van der Waals surface area contributed by atoms with Crippen molar-refractivity contribution in [1.29, 1.82) is 0 Å². The summed E-state index contributed by atoms with van der Waals surface area (Å²) in [5, 5.41) is 8.68. The Morgan fingerprint density at radius 3 is 2.31 bits per heavy atom. The molecule has 1 heterocycles. The summed E-state index contributed by atoms with van der Waals surface area (Å²) < 4.78 is 45.2. The van der Waals surface area contributed by atoms with E-state index in [9.17, 15) is 18.0 Å². The highest BCUT2D eigenvalue weighted by molar-refractivity contribution is 7.99. The van der Waals surface area contributed by atoms with Crippen LogP contribution in [0.4, 0.5) is 13.2 Å². The van der Waals surface area contributed by atoms with Crippen LogP contribution in [-0.4, -0.2) is 34.8 Å². The molecule has 4 nitrogen and oxygen atoms in total. The zero-order valence-electron chi connectivity index (χ0n) is 13.9. The minimum Gasteiger partial charge on any atom is -0.480 e. The number of thioether (sulfide) groups is 1. The van der Waals surface area contributed by atoms with Crippen LogP contribution in [0.25, 0.3) is 11.1 Å². The summed E-state index contributed by atoms with van der Waals surface area (Å²) >= 11 is 1.28. The van der Waals surface area contributed by atoms with Crippen molar-refractivity contribution in [1.82, 2.24) is 0 Å². The molecule has 3 N–H and O–H groups in total. The molecule has 1 aromatic carbocycles. The summed E-state index contributed by atoms with van der Waals surface area (Å²) in [6.45, 7) is 0. The number of nitrogens with two attached hydrogens (primary N) is 1. The molecule has 2 rings (SSSR count). The standard InChI is InChI=1S/C18H20F3NO3S/c19-18(20,21)15(6-9-26-10-7-16(22)17(23)24)13-3-1-12(2-4-13)14-5-8-25-11-14/h1-5,8,11,15-16H,6-7,9-10,22H2,(H,23,24). The van der Waals surface area contributed by atoms with E-state index in [-0.39, 0.29) is 24.2 Å². The Hall–Kier alpha value is -1.93. The van der Waals surface area contributed by atoms with Crippen LogP contribution in [0.5, 0.6) is 0 Å². The van der Waals surface area contributed by atoms with Gasteiger partial charge in [0.15, 0.2) is 0 Å². The largest absolute Gasteiger partial charge is 0.480 e. The molecule has 142 valence electrons. The Balaban J connectivity index is 1.94. The first-order valence-corrected chi connectivity index (χ1v) is 9.20. The van der Waals surface area contributed by atoms with E-state index in [0.717, 1.165) is 11.1 Å². The topological polar surface area (TPSA) is 76.5 Å². The van der Waals surface area contributed by atoms with Crippen LogP contribution in [0, 0.1) is 0 Å². The van der Waals surface area contributed by atoms with Gasteiger partial charge in [0.1, 0.15) is 6.04 Å². The van der Waals surface area contributed by atoms with E-state index in [2.05, 4.69) is 0 Å². The number of carboxylic acids is 1. The monoisotopic (exact) mass is 387 g/mol. The Morgan fingerprint density at radius 1 is 1.12 bits per heavy atom. The lowest BCUT2D eigenvalue weighted by Crippen LogP contribution is -2.30. The average molecular weight is 387 g/mol. The van der Waals surface area contributed by atoms with Gasteiger partial charge >= 0.3 is 12.1 Å². The summed E-state index contributed by atoms with van der Waals surface area (Å²) in [5.74, 6) is -1.96. The third-order valence-electron chi connectivity index (χ3n) is 4.00. The molecule has 0 fully saturated rings. The zero-order valence-corrected chi connectivity index (χ0v) is 14.7. The van der Waals surface area contributed by atoms with Gasteiger partial charge in [0, 0.05) is 5.56 Å². The van der Waals surface area contributed by atoms with Crippen LogP contribution in [-0.2, 0) is 4.79 Å². The van der Waals surface area contributed by atoms with E-state index >= 15 is 0 Å². The fourth-order valence-corrected chi connectivity index (χ4v) is 3.52. The van der Waals surface area contributed by atoms with E-state index in [0.29, 0.717) is 5.75 Å². The quantitative estimate of drug-likeness (QED) is 0.619. The number of benzene rings is 1. The van der Waals surface area contributed by atoms with Gasteiger partial charge in [-0.3, -0.25) is 4.79 Å². The minimum atomic E-state index is -4.34. The van der Waals surface area contributed by atoms with E-state index in [1.54, 1.807) is 18.2 Å². The number of rotatable bonds is 9. The third kappa shape index (κ3) is 5.81. The van der Waals surface area contributed by atoms with Crippen molar-refractivity contribution in [3.8, 4) is 11.1 Å². The summed E-state index contributed by atoms with van der Waals surface area (Å²) in [6.07, 6.45) is -1.13. The number of furan rings is 1. The highest BCUT2D eigenvalue weighted by atomic mass is 32.2. The van der Waals surface area contributed by atoms with Crippen LogP contribution in [0.15, 0.2) is 47.3 Å². The first-order valence-electron chi connectivity index (χ1n) is 8.04. The highest BCUT2D eigenvalue weighted by Crippen LogP contribution is 2.38. The van der Waals surface area contributed by atoms with Gasteiger partial charge in [-0.05, 0) is 41.5 Å². The third-order valence-corrected chi connectivity index (χ3v) is 5.05. The second-order valence-electron chi connectivity index (χ2n) is 5.86. The lowest BCUT2D eigenvalue weighted by Gasteiger charge is -2.21. The molecule has 0 aliphatic heterocycles. The van der Waals surface area contributed by atoms with Gasteiger partial charge in [-0.15, -0.1) is 0 Å². The number of alkyl halides is 3. The van der Waals surface area contributed by atoms with Crippen molar-refractivity contribution >= 4 is 17.7 Å². The molecule has 0 aliphatic carbocycles. The normalized spacial score (nSPS) is 14.2. The molecule has 2 atom stereocenters. The SMILES string of the molecule is NC(CCSCCC(c1ccc(-c2ccoc2)cc1)C(F)(F)F)C(=O)O. The molecule has 1 aromatic heterocycles. The Labute approximate surface area is 153 Å². The van der Waals surface area contributed by atoms with Crippen molar-refractivity contribution in [3.63, 3.8) is 0 Å². The Bertz CT molecular complexity index is 687. The number of hydrogen-bond acceptors (Lipinski definition) is 4. The first-order chi connectivity index (χ1) is 12.3. The van der Waals surface area contributed by atoms with Gasteiger partial charge in [0.2, 0.25) is 0 Å². The van der Waals surface area contributed by atoms with Crippen LogP contribution < -0.4 is 5.73 Å². The van der Waals surface area contributed by atoms with Crippen molar-refractivity contribution in [2.75, 3.05) is 11.5 Å². The second kappa shape index (κ2) is 9.14. The van der Waals surface area contributed by atoms with Crippen molar-refractivity contribution in [2.24, 2.45) is 5.73 Å². The molecule has 2 unspecified atom stereocenters. The average Bonchev–Trinajstić information content (AvgIpc) is 3.11. The minimum absolute atomic E-state index is 0.0679. The number of carbonyl (C=O) groups is 1. The highest BCUT2D eigenvalue weighted by Gasteiger charge is 2.40. The number of aliphatic carboxylic acids is 1. The molecule has 0 aliphatic rings. The van der Waals surface area contributed by atoms with Gasteiger partial charge in [-0.2, -0.15) is 24.9 Å². The molecular weight excluding hydrogens is 367 g/mol. The summed E-state index contributed by atoms with van der Waals surface area (Å²) in [5.41, 5.74) is 7.19. The second-order valence-corrected chi connectivity index (χ2v) is 7.09. The van der Waals surface area contributed by atoms with E-state index < -0.39 is 24.1 Å². The van der Waals surface area contributed by atoms with Gasteiger partial charge in [-0.25, -0.2) is 0 Å². The number of halogens is 3. The fraction of sp³-hybridized carbons (Fsp3) is 0.389. The maximum absolute atomic E-state index is 13.4. The Kier molecular flexibility index (Phi) is 7.16.